The number of carbonyl (C=O) groups excluding carboxylic acids is 2. The van der Waals surface area contributed by atoms with E-state index in [0.717, 1.165) is 17.7 Å². The van der Waals surface area contributed by atoms with E-state index in [1.165, 1.54) is 0 Å². The molecule has 8 nitrogen and oxygen atoms in total. The zero-order valence-corrected chi connectivity index (χ0v) is 19.8. The highest BCUT2D eigenvalue weighted by Gasteiger charge is 2.43. The number of allylic oxidation sites excluding steroid dienone is 4. The van der Waals surface area contributed by atoms with Gasteiger partial charge in [-0.2, -0.15) is 0 Å². The van der Waals surface area contributed by atoms with Gasteiger partial charge in [0.1, 0.15) is 34.5 Å². The Balaban J connectivity index is 1.62. The summed E-state index contributed by atoms with van der Waals surface area (Å²) in [6, 6.07) is 18.6. The molecule has 0 bridgehead atoms. The summed E-state index contributed by atoms with van der Waals surface area (Å²) in [6.07, 6.45) is 0.937. The lowest BCUT2D eigenvalue weighted by Gasteiger charge is -2.27. The average Bonchev–Trinajstić information content (AvgIpc) is 2.90. The Morgan fingerprint density at radius 2 is 1.18 bits per heavy atom. The van der Waals surface area contributed by atoms with Gasteiger partial charge in [-0.1, -0.05) is 60.7 Å². The number of aromatic hydroxyl groups is 3. The summed E-state index contributed by atoms with van der Waals surface area (Å²) in [7, 11) is 0. The Labute approximate surface area is 216 Å². The number of phenolic OH excluding ortho intramolecular Hbond substituents is 3. The monoisotopic (exact) mass is 510 g/mol. The lowest BCUT2D eigenvalue weighted by atomic mass is 9.77. The molecule has 2 aliphatic rings. The van der Waals surface area contributed by atoms with E-state index in [0.29, 0.717) is 5.56 Å². The molecule has 0 radical (unpaired) electrons. The van der Waals surface area contributed by atoms with Crippen LogP contribution < -0.4 is 0 Å². The Kier molecular flexibility index (Phi) is 6.00. The number of hydrogen-bond donors (Lipinski definition) is 6. The van der Waals surface area contributed by atoms with Crippen LogP contribution in [0.4, 0.5) is 0 Å². The van der Waals surface area contributed by atoms with Crippen LogP contribution >= 0.6 is 0 Å². The smallest absolute Gasteiger partial charge is 0.202 e. The average molecular weight is 510 g/mol. The van der Waals surface area contributed by atoms with Gasteiger partial charge < -0.3 is 30.6 Å². The maximum absolute atomic E-state index is 13.3. The predicted octanol–water partition coefficient (Wildman–Crippen LogP) is 4.62. The molecule has 0 amide bonds. The molecular weight excluding hydrogens is 488 g/mol. The van der Waals surface area contributed by atoms with Gasteiger partial charge in [-0.15, -0.1) is 0 Å². The summed E-state index contributed by atoms with van der Waals surface area (Å²) >= 11 is 0. The summed E-state index contributed by atoms with van der Waals surface area (Å²) < 4.78 is 0. The van der Waals surface area contributed by atoms with E-state index < -0.39 is 68.4 Å². The van der Waals surface area contributed by atoms with Crippen molar-refractivity contribution in [2.45, 2.75) is 12.8 Å². The molecule has 3 aromatic rings. The first-order valence-corrected chi connectivity index (χ1v) is 11.6. The fourth-order valence-corrected chi connectivity index (χ4v) is 4.66. The van der Waals surface area contributed by atoms with Crippen molar-refractivity contribution in [1.82, 2.24) is 0 Å². The van der Waals surface area contributed by atoms with Crippen molar-refractivity contribution < 1.29 is 40.2 Å². The van der Waals surface area contributed by atoms with Crippen molar-refractivity contribution in [1.29, 1.82) is 0 Å². The highest BCUT2D eigenvalue weighted by molar-refractivity contribution is 6.40. The number of aliphatic hydroxyl groups excluding tert-OH is 3. The summed E-state index contributed by atoms with van der Waals surface area (Å²) in [5.41, 5.74) is -0.374. The molecule has 6 N–H and O–H groups in total. The van der Waals surface area contributed by atoms with Gasteiger partial charge in [-0.25, -0.2) is 0 Å². The van der Waals surface area contributed by atoms with Gasteiger partial charge in [0.05, 0.1) is 22.3 Å². The zero-order chi connectivity index (χ0) is 27.1. The van der Waals surface area contributed by atoms with Crippen molar-refractivity contribution in [3.63, 3.8) is 0 Å². The number of hydrogen-bond acceptors (Lipinski definition) is 8. The third-order valence-electron chi connectivity index (χ3n) is 6.58. The minimum absolute atomic E-state index is 0.0139. The van der Waals surface area contributed by atoms with E-state index in [2.05, 4.69) is 0 Å². The quantitative estimate of drug-likeness (QED) is 0.272. The van der Waals surface area contributed by atoms with Gasteiger partial charge in [0.2, 0.25) is 5.78 Å². The molecule has 0 unspecified atom stereocenters. The molecule has 0 atom stereocenters. The largest absolute Gasteiger partial charge is 0.507 e. The highest BCUT2D eigenvalue weighted by atomic mass is 16.3. The van der Waals surface area contributed by atoms with Gasteiger partial charge in [-0.3, -0.25) is 9.59 Å². The van der Waals surface area contributed by atoms with Gasteiger partial charge in [0.25, 0.3) is 0 Å². The molecule has 0 fully saturated rings. The summed E-state index contributed by atoms with van der Waals surface area (Å²) in [6.45, 7) is 0. The number of rotatable bonds is 5. The van der Waals surface area contributed by atoms with Crippen LogP contribution in [0.5, 0.6) is 17.2 Å². The number of aliphatic hydroxyl groups is 3. The lowest BCUT2D eigenvalue weighted by Crippen LogP contribution is -2.26. The Hall–Kier alpha value is -5.24. The summed E-state index contributed by atoms with van der Waals surface area (Å²) in [5.74, 6) is -5.27. The van der Waals surface area contributed by atoms with Crippen LogP contribution in [0.25, 0.3) is 5.57 Å². The van der Waals surface area contributed by atoms with Crippen molar-refractivity contribution in [3.05, 3.63) is 129 Å². The highest BCUT2D eigenvalue weighted by Crippen LogP contribution is 2.50. The number of ketones is 2. The van der Waals surface area contributed by atoms with Crippen LogP contribution in [-0.4, -0.2) is 42.2 Å². The van der Waals surface area contributed by atoms with Crippen LogP contribution in [0.2, 0.25) is 0 Å². The van der Waals surface area contributed by atoms with Crippen LogP contribution in [0.1, 0.15) is 22.3 Å². The minimum atomic E-state index is -0.889. The second kappa shape index (κ2) is 9.33. The first-order valence-electron chi connectivity index (χ1n) is 11.6. The standard InChI is InChI=1S/C30H22O8/c31-19-13-21(33)23(27(35)17(19)11-15-7-3-1-4-8-15)25-29(37)26(30(25)38)24-22(34)14-20(32)18(28(24)36)12-16-9-5-2-6-10-16/h1-10,13-14,31,33-37H,11-12H2/b26-24-. The predicted molar refractivity (Wildman–Crippen MR) is 138 cm³/mol. The third-order valence-corrected chi connectivity index (χ3v) is 6.58. The molecule has 0 aliphatic heterocycles. The lowest BCUT2D eigenvalue weighted by molar-refractivity contribution is -0.113. The minimum Gasteiger partial charge on any atom is -0.507 e. The second-order valence-corrected chi connectivity index (χ2v) is 8.97. The van der Waals surface area contributed by atoms with E-state index in [1.807, 2.05) is 0 Å². The maximum atomic E-state index is 13.3. The molecule has 0 spiro atoms. The maximum Gasteiger partial charge on any atom is 0.202 e. The van der Waals surface area contributed by atoms with Gasteiger partial charge in [-0.05, 0) is 11.1 Å². The van der Waals surface area contributed by atoms with E-state index in [-0.39, 0.29) is 24.0 Å². The van der Waals surface area contributed by atoms with Crippen molar-refractivity contribution in [2.75, 3.05) is 0 Å². The molecule has 0 saturated carbocycles. The summed E-state index contributed by atoms with van der Waals surface area (Å²) in [5, 5.41) is 64.0. The third kappa shape index (κ3) is 3.98. The molecular formula is C30H22O8. The van der Waals surface area contributed by atoms with Gasteiger partial charge in [0.15, 0.2) is 5.78 Å². The first kappa shape index (κ1) is 24.5. The molecule has 0 saturated heterocycles. The van der Waals surface area contributed by atoms with Crippen molar-refractivity contribution in [3.8, 4) is 17.2 Å². The fourth-order valence-electron chi connectivity index (χ4n) is 4.66. The fraction of sp³-hybridized carbons (Fsp3) is 0.0667. The van der Waals surface area contributed by atoms with E-state index in [4.69, 9.17) is 0 Å². The Bertz CT molecular complexity index is 1620. The number of carbonyl (C=O) groups is 2. The zero-order valence-electron chi connectivity index (χ0n) is 19.8. The topological polar surface area (TPSA) is 156 Å². The van der Waals surface area contributed by atoms with Crippen molar-refractivity contribution >= 4 is 17.1 Å². The van der Waals surface area contributed by atoms with Crippen LogP contribution in [0, 0.1) is 0 Å². The molecule has 8 heteroatoms. The first-order chi connectivity index (χ1) is 18.2. The number of Topliss-reactive ketones (excluding diaryl/α,β-unsaturated/α-hetero) is 1. The molecule has 5 rings (SSSR count). The summed E-state index contributed by atoms with van der Waals surface area (Å²) in [4.78, 5) is 25.8. The van der Waals surface area contributed by atoms with E-state index >= 15 is 0 Å². The van der Waals surface area contributed by atoms with Gasteiger partial charge >= 0.3 is 0 Å². The van der Waals surface area contributed by atoms with E-state index in [9.17, 15) is 40.2 Å². The van der Waals surface area contributed by atoms with Crippen LogP contribution in [0.15, 0.2) is 107 Å². The number of benzene rings is 3. The van der Waals surface area contributed by atoms with E-state index in [1.54, 1.807) is 60.7 Å². The van der Waals surface area contributed by atoms with Crippen LogP contribution in [0.3, 0.4) is 0 Å². The molecule has 38 heavy (non-hydrogen) atoms. The molecule has 0 heterocycles. The van der Waals surface area contributed by atoms with Crippen molar-refractivity contribution in [2.24, 2.45) is 0 Å². The normalized spacial score (nSPS) is 17.5. The second-order valence-electron chi connectivity index (χ2n) is 8.97. The molecule has 2 aliphatic carbocycles. The molecule has 3 aromatic carbocycles. The molecule has 190 valence electrons. The number of phenols is 3. The SMILES string of the molecule is O=C1C=C(O)/C(=C2/C(=O)C(c3c(O)cc(O)c(Cc4ccccc4)c3O)=C2O)C(O)=C1Cc1ccccc1. The van der Waals surface area contributed by atoms with Crippen LogP contribution in [-0.2, 0) is 22.4 Å². The van der Waals surface area contributed by atoms with Gasteiger partial charge in [0, 0.05) is 36.1 Å². The molecule has 0 aromatic heterocycles. The Morgan fingerprint density at radius 3 is 1.76 bits per heavy atom. The Morgan fingerprint density at radius 1 is 0.605 bits per heavy atom.